The summed E-state index contributed by atoms with van der Waals surface area (Å²) < 4.78 is 6.16. The van der Waals surface area contributed by atoms with Gasteiger partial charge in [-0.1, -0.05) is 32.7 Å². The maximum absolute atomic E-state index is 6.35. The molecule has 0 radical (unpaired) electrons. The van der Waals surface area contributed by atoms with Crippen molar-refractivity contribution in [3.8, 4) is 0 Å². The maximum atomic E-state index is 6.35. The Labute approximate surface area is 158 Å². The second-order valence-electron chi connectivity index (χ2n) is 6.13. The van der Waals surface area contributed by atoms with E-state index in [9.17, 15) is 0 Å². The van der Waals surface area contributed by atoms with E-state index in [2.05, 4.69) is 48.0 Å². The van der Waals surface area contributed by atoms with E-state index in [-0.39, 0.29) is 0 Å². The Morgan fingerprint density at radius 1 is 1.16 bits per heavy atom. The molecule has 3 heterocycles. The fourth-order valence-electron chi connectivity index (χ4n) is 3.05. The molecule has 25 heavy (non-hydrogen) atoms. The summed E-state index contributed by atoms with van der Waals surface area (Å²) in [5.74, 6) is 2.31. The number of nitrogens with zero attached hydrogens (tertiary/aromatic N) is 5. The first-order valence-electron chi connectivity index (χ1n) is 8.11. The van der Waals surface area contributed by atoms with Crippen LogP contribution in [0.25, 0.3) is 10.9 Å². The first-order valence-corrected chi connectivity index (χ1v) is 9.28. The van der Waals surface area contributed by atoms with E-state index < -0.39 is 0 Å². The van der Waals surface area contributed by atoms with Crippen molar-refractivity contribution >= 4 is 44.3 Å². The summed E-state index contributed by atoms with van der Waals surface area (Å²) in [5.41, 5.74) is 0.839. The molecule has 2 aromatic heterocycles. The molecule has 0 spiro atoms. The van der Waals surface area contributed by atoms with E-state index in [0.29, 0.717) is 23.3 Å². The molecule has 6 nitrogen and oxygen atoms in total. The number of piperazine rings is 1. The third kappa shape index (κ3) is 3.63. The summed E-state index contributed by atoms with van der Waals surface area (Å²) in [6, 6.07) is 8.04. The fourth-order valence-corrected chi connectivity index (χ4v) is 3.93. The zero-order valence-corrected chi connectivity index (χ0v) is 16.1. The van der Waals surface area contributed by atoms with Crippen LogP contribution < -0.4 is 4.90 Å². The lowest BCUT2D eigenvalue weighted by molar-refractivity contribution is 0.215. The number of benzene rings is 1. The number of aryl methyl sites for hydroxylation is 1. The second-order valence-corrected chi connectivity index (χ2v) is 7.45. The number of fused-ring (bicyclic) bond motifs is 1. The maximum Gasteiger partial charge on any atom is 0.240 e. The summed E-state index contributed by atoms with van der Waals surface area (Å²) in [6.07, 6.45) is 0. The van der Waals surface area contributed by atoms with E-state index in [1.807, 2.05) is 19.1 Å². The molecule has 3 aromatic rings. The van der Waals surface area contributed by atoms with Gasteiger partial charge in [-0.15, -0.1) is 0 Å². The molecular weight excluding hydrogens is 406 g/mol. The quantitative estimate of drug-likeness (QED) is 0.642. The Hall–Kier alpha value is -1.70. The van der Waals surface area contributed by atoms with Crippen molar-refractivity contribution in [1.82, 2.24) is 20.0 Å². The van der Waals surface area contributed by atoms with Crippen molar-refractivity contribution in [2.24, 2.45) is 0 Å². The van der Waals surface area contributed by atoms with Crippen LogP contribution in [0.5, 0.6) is 0 Å². The summed E-state index contributed by atoms with van der Waals surface area (Å²) in [6.45, 7) is 6.18. The number of hydrogen-bond acceptors (Lipinski definition) is 6. The third-order valence-electron chi connectivity index (χ3n) is 4.32. The highest BCUT2D eigenvalue weighted by Gasteiger charge is 2.20. The van der Waals surface area contributed by atoms with E-state index in [4.69, 9.17) is 21.1 Å². The van der Waals surface area contributed by atoms with Crippen LogP contribution in [0.1, 0.15) is 11.7 Å². The average molecular weight is 423 g/mol. The molecule has 0 unspecified atom stereocenters. The lowest BCUT2D eigenvalue weighted by atomic mass is 10.2. The van der Waals surface area contributed by atoms with Crippen molar-refractivity contribution in [2.45, 2.75) is 13.5 Å². The van der Waals surface area contributed by atoms with Gasteiger partial charge in [0.2, 0.25) is 5.89 Å². The number of halogens is 2. The van der Waals surface area contributed by atoms with Gasteiger partial charge in [-0.25, -0.2) is 4.98 Å². The van der Waals surface area contributed by atoms with Crippen LogP contribution in [0.3, 0.4) is 0 Å². The SMILES string of the molecule is Cc1noc(CN2CCN(c3ccc4cc(Br)cc(Cl)c4n3)CC2)n1. The molecule has 1 aromatic carbocycles. The van der Waals surface area contributed by atoms with Crippen molar-refractivity contribution in [3.05, 3.63) is 45.5 Å². The normalized spacial score (nSPS) is 15.9. The molecule has 1 aliphatic heterocycles. The van der Waals surface area contributed by atoms with Crippen molar-refractivity contribution in [3.63, 3.8) is 0 Å². The Kier molecular flexibility index (Phi) is 4.62. The molecule has 0 N–H and O–H groups in total. The minimum Gasteiger partial charge on any atom is -0.354 e. The first kappa shape index (κ1) is 16.8. The van der Waals surface area contributed by atoms with Gasteiger partial charge >= 0.3 is 0 Å². The van der Waals surface area contributed by atoms with Crippen LogP contribution in [-0.2, 0) is 6.54 Å². The van der Waals surface area contributed by atoms with Crippen LogP contribution in [0.4, 0.5) is 5.82 Å². The van der Waals surface area contributed by atoms with Crippen LogP contribution in [0, 0.1) is 6.92 Å². The van der Waals surface area contributed by atoms with E-state index in [1.54, 1.807) is 0 Å². The molecule has 0 saturated carbocycles. The first-order chi connectivity index (χ1) is 12.1. The molecule has 0 amide bonds. The predicted molar refractivity (Wildman–Crippen MR) is 101 cm³/mol. The van der Waals surface area contributed by atoms with Gasteiger partial charge in [0.05, 0.1) is 17.1 Å². The molecule has 0 aliphatic carbocycles. The highest BCUT2D eigenvalue weighted by Crippen LogP contribution is 2.29. The standard InChI is InChI=1S/C17H17BrClN5O/c1-11-20-16(25-22-11)10-23-4-6-24(7-5-23)15-3-2-12-8-13(18)9-14(19)17(12)21-15/h2-3,8-9H,4-7,10H2,1H3. The van der Waals surface area contributed by atoms with E-state index >= 15 is 0 Å². The van der Waals surface area contributed by atoms with Gasteiger partial charge in [0.1, 0.15) is 5.82 Å². The van der Waals surface area contributed by atoms with Gasteiger partial charge < -0.3 is 9.42 Å². The Bertz CT molecular complexity index is 907. The monoisotopic (exact) mass is 421 g/mol. The second kappa shape index (κ2) is 6.90. The molecule has 1 fully saturated rings. The van der Waals surface area contributed by atoms with E-state index in [1.165, 1.54) is 0 Å². The average Bonchev–Trinajstić information content (AvgIpc) is 3.00. The smallest absolute Gasteiger partial charge is 0.240 e. The van der Waals surface area contributed by atoms with Crippen molar-refractivity contribution in [2.75, 3.05) is 31.1 Å². The third-order valence-corrected chi connectivity index (χ3v) is 5.07. The lowest BCUT2D eigenvalue weighted by Crippen LogP contribution is -2.46. The largest absolute Gasteiger partial charge is 0.354 e. The highest BCUT2D eigenvalue weighted by molar-refractivity contribution is 9.10. The van der Waals surface area contributed by atoms with E-state index in [0.717, 1.165) is 47.4 Å². The number of pyridine rings is 1. The van der Waals surface area contributed by atoms with Crippen LogP contribution >= 0.6 is 27.5 Å². The molecular formula is C17H17BrClN5O. The van der Waals surface area contributed by atoms with Gasteiger partial charge in [-0.05, 0) is 31.2 Å². The van der Waals surface area contributed by atoms with Gasteiger partial charge in [0, 0.05) is 36.0 Å². The minimum atomic E-state index is 0.664. The number of aromatic nitrogens is 3. The topological polar surface area (TPSA) is 58.3 Å². The molecule has 8 heteroatoms. The zero-order valence-electron chi connectivity index (χ0n) is 13.7. The molecule has 4 rings (SSSR count). The van der Waals surface area contributed by atoms with Gasteiger partial charge in [0.25, 0.3) is 0 Å². The number of hydrogen-bond donors (Lipinski definition) is 0. The lowest BCUT2D eigenvalue weighted by Gasteiger charge is -2.34. The fraction of sp³-hybridized carbons (Fsp3) is 0.353. The Morgan fingerprint density at radius 3 is 2.68 bits per heavy atom. The molecule has 0 atom stereocenters. The molecule has 1 aliphatic rings. The summed E-state index contributed by atoms with van der Waals surface area (Å²) in [7, 11) is 0. The predicted octanol–water partition coefficient (Wildman–Crippen LogP) is 3.66. The Balaban J connectivity index is 1.46. The summed E-state index contributed by atoms with van der Waals surface area (Å²) in [4.78, 5) is 13.6. The number of anilines is 1. The summed E-state index contributed by atoms with van der Waals surface area (Å²) in [5, 5.41) is 5.54. The number of rotatable bonds is 3. The summed E-state index contributed by atoms with van der Waals surface area (Å²) >= 11 is 9.81. The van der Waals surface area contributed by atoms with Crippen molar-refractivity contribution in [1.29, 1.82) is 0 Å². The Morgan fingerprint density at radius 2 is 1.96 bits per heavy atom. The van der Waals surface area contributed by atoms with Gasteiger partial charge in [-0.3, -0.25) is 4.90 Å². The van der Waals surface area contributed by atoms with Crippen LogP contribution in [-0.4, -0.2) is 46.2 Å². The highest BCUT2D eigenvalue weighted by atomic mass is 79.9. The molecule has 0 bridgehead atoms. The van der Waals surface area contributed by atoms with Gasteiger partial charge in [-0.2, -0.15) is 4.98 Å². The molecule has 130 valence electrons. The van der Waals surface area contributed by atoms with Crippen LogP contribution in [0.2, 0.25) is 5.02 Å². The molecule has 1 saturated heterocycles. The van der Waals surface area contributed by atoms with Gasteiger partial charge in [0.15, 0.2) is 5.82 Å². The van der Waals surface area contributed by atoms with Crippen molar-refractivity contribution < 1.29 is 4.52 Å². The minimum absolute atomic E-state index is 0.664. The van der Waals surface area contributed by atoms with Crippen LogP contribution in [0.15, 0.2) is 33.3 Å². The zero-order chi connectivity index (χ0) is 17.4.